The Morgan fingerprint density at radius 3 is 2.87 bits per heavy atom. The van der Waals surface area contributed by atoms with Crippen molar-refractivity contribution in [1.82, 2.24) is 9.97 Å². The molecular formula is C11H17N3S. The van der Waals surface area contributed by atoms with Gasteiger partial charge in [-0.15, -0.1) is 11.8 Å². The van der Waals surface area contributed by atoms with Crippen LogP contribution in [0.3, 0.4) is 0 Å². The van der Waals surface area contributed by atoms with Gasteiger partial charge < -0.3 is 5.32 Å². The van der Waals surface area contributed by atoms with Crippen LogP contribution in [0.25, 0.3) is 0 Å². The molecule has 0 saturated heterocycles. The molecule has 0 aliphatic heterocycles. The molecular weight excluding hydrogens is 206 g/mol. The molecule has 1 N–H and O–H groups in total. The fourth-order valence-electron chi connectivity index (χ4n) is 1.88. The molecule has 0 aromatic carbocycles. The Kier molecular flexibility index (Phi) is 3.83. The molecule has 0 unspecified atom stereocenters. The molecule has 15 heavy (non-hydrogen) atoms. The zero-order valence-electron chi connectivity index (χ0n) is 9.07. The molecule has 0 spiro atoms. The van der Waals surface area contributed by atoms with Crippen molar-refractivity contribution in [2.24, 2.45) is 0 Å². The first-order valence-electron chi connectivity index (χ1n) is 5.56. The van der Waals surface area contributed by atoms with Gasteiger partial charge in [0.15, 0.2) is 0 Å². The summed E-state index contributed by atoms with van der Waals surface area (Å²) in [4.78, 5) is 8.54. The van der Waals surface area contributed by atoms with Crippen molar-refractivity contribution < 1.29 is 0 Å². The van der Waals surface area contributed by atoms with Gasteiger partial charge in [-0.2, -0.15) is 0 Å². The maximum Gasteiger partial charge on any atom is 0.223 e. The van der Waals surface area contributed by atoms with Gasteiger partial charge in [0.2, 0.25) is 5.95 Å². The van der Waals surface area contributed by atoms with Gasteiger partial charge >= 0.3 is 0 Å². The fraction of sp³-hybridized carbons (Fsp3) is 0.636. The molecule has 0 atom stereocenters. The lowest BCUT2D eigenvalue weighted by Crippen LogP contribution is -2.08. The van der Waals surface area contributed by atoms with Crippen LogP contribution in [0.4, 0.5) is 5.95 Å². The molecule has 1 aliphatic rings. The predicted octanol–water partition coefficient (Wildman–Crippen LogP) is 2.94. The number of aromatic nitrogens is 2. The Balaban J connectivity index is 1.96. The highest BCUT2D eigenvalue weighted by molar-refractivity contribution is 7.99. The molecule has 4 heteroatoms. The van der Waals surface area contributed by atoms with Crippen LogP contribution in [0.5, 0.6) is 0 Å². The Morgan fingerprint density at radius 1 is 1.33 bits per heavy atom. The molecule has 1 aromatic heterocycles. The highest BCUT2D eigenvalue weighted by Gasteiger charge is 2.15. The van der Waals surface area contributed by atoms with Crippen LogP contribution >= 0.6 is 11.8 Å². The Morgan fingerprint density at radius 2 is 2.13 bits per heavy atom. The third kappa shape index (κ3) is 3.09. The SMILES string of the molecule is CNc1nccc(SC2CCCCC2)n1. The van der Waals surface area contributed by atoms with Crippen molar-refractivity contribution in [1.29, 1.82) is 0 Å². The summed E-state index contributed by atoms with van der Waals surface area (Å²) in [6.45, 7) is 0. The molecule has 3 nitrogen and oxygen atoms in total. The van der Waals surface area contributed by atoms with Crippen LogP contribution in [0.15, 0.2) is 17.3 Å². The highest BCUT2D eigenvalue weighted by Crippen LogP contribution is 2.32. The van der Waals surface area contributed by atoms with E-state index >= 15 is 0 Å². The third-order valence-corrected chi connectivity index (χ3v) is 3.97. The van der Waals surface area contributed by atoms with Crippen molar-refractivity contribution in [2.45, 2.75) is 42.4 Å². The number of rotatable bonds is 3. The van der Waals surface area contributed by atoms with Gasteiger partial charge in [-0.3, -0.25) is 0 Å². The lowest BCUT2D eigenvalue weighted by molar-refractivity contribution is 0.515. The zero-order valence-corrected chi connectivity index (χ0v) is 9.89. The summed E-state index contributed by atoms with van der Waals surface area (Å²) in [5, 5.41) is 4.83. The number of anilines is 1. The molecule has 1 fully saturated rings. The third-order valence-electron chi connectivity index (χ3n) is 2.69. The molecule has 2 rings (SSSR count). The van der Waals surface area contributed by atoms with E-state index in [4.69, 9.17) is 0 Å². The minimum absolute atomic E-state index is 0.718. The van der Waals surface area contributed by atoms with Crippen molar-refractivity contribution in [3.8, 4) is 0 Å². The van der Waals surface area contributed by atoms with Gasteiger partial charge in [-0.25, -0.2) is 9.97 Å². The van der Waals surface area contributed by atoms with E-state index in [-0.39, 0.29) is 0 Å². The second-order valence-electron chi connectivity index (χ2n) is 3.85. The molecule has 82 valence electrons. The molecule has 0 bridgehead atoms. The summed E-state index contributed by atoms with van der Waals surface area (Å²) < 4.78 is 0. The van der Waals surface area contributed by atoms with Crippen molar-refractivity contribution >= 4 is 17.7 Å². The average Bonchev–Trinajstić information content (AvgIpc) is 2.31. The van der Waals surface area contributed by atoms with Gasteiger partial charge in [0.1, 0.15) is 5.03 Å². The quantitative estimate of drug-likeness (QED) is 0.799. The first-order valence-corrected chi connectivity index (χ1v) is 6.44. The minimum atomic E-state index is 0.718. The standard InChI is InChI=1S/C11H17N3S/c1-12-11-13-8-7-10(14-11)15-9-5-3-2-4-6-9/h7-9H,2-6H2,1H3,(H,12,13,14). The van der Waals surface area contributed by atoms with E-state index in [1.54, 1.807) is 0 Å². The van der Waals surface area contributed by atoms with Gasteiger partial charge in [-0.1, -0.05) is 19.3 Å². The molecule has 0 radical (unpaired) electrons. The van der Waals surface area contributed by atoms with E-state index in [1.165, 1.54) is 32.1 Å². The monoisotopic (exact) mass is 223 g/mol. The molecule has 1 saturated carbocycles. The van der Waals surface area contributed by atoms with Gasteiger partial charge in [0.05, 0.1) is 0 Å². The maximum absolute atomic E-state index is 4.43. The summed E-state index contributed by atoms with van der Waals surface area (Å²) in [5.74, 6) is 0.718. The second-order valence-corrected chi connectivity index (χ2v) is 5.17. The first kappa shape index (κ1) is 10.7. The van der Waals surface area contributed by atoms with Gasteiger partial charge in [0.25, 0.3) is 0 Å². The number of thioether (sulfide) groups is 1. The lowest BCUT2D eigenvalue weighted by Gasteiger charge is -2.20. The minimum Gasteiger partial charge on any atom is -0.357 e. The molecule has 1 aromatic rings. The zero-order chi connectivity index (χ0) is 10.5. The molecule has 0 amide bonds. The van der Waals surface area contributed by atoms with E-state index < -0.39 is 0 Å². The van der Waals surface area contributed by atoms with Crippen molar-refractivity contribution in [2.75, 3.05) is 12.4 Å². The van der Waals surface area contributed by atoms with Crippen LogP contribution in [0.2, 0.25) is 0 Å². The predicted molar refractivity (Wildman–Crippen MR) is 64.3 cm³/mol. The van der Waals surface area contributed by atoms with Crippen LogP contribution in [-0.2, 0) is 0 Å². The summed E-state index contributed by atoms with van der Waals surface area (Å²) >= 11 is 1.90. The first-order chi connectivity index (χ1) is 7.38. The van der Waals surface area contributed by atoms with Crippen molar-refractivity contribution in [3.63, 3.8) is 0 Å². The van der Waals surface area contributed by atoms with Crippen LogP contribution in [0, 0.1) is 0 Å². The van der Waals surface area contributed by atoms with E-state index in [0.717, 1.165) is 16.2 Å². The topological polar surface area (TPSA) is 37.8 Å². The number of nitrogens with one attached hydrogen (secondary N) is 1. The largest absolute Gasteiger partial charge is 0.357 e. The average molecular weight is 223 g/mol. The summed E-state index contributed by atoms with van der Waals surface area (Å²) in [6, 6.07) is 2.00. The summed E-state index contributed by atoms with van der Waals surface area (Å²) in [7, 11) is 1.85. The van der Waals surface area contributed by atoms with E-state index in [0.29, 0.717) is 0 Å². The van der Waals surface area contributed by atoms with Gasteiger partial charge in [0, 0.05) is 18.5 Å². The normalized spacial score (nSPS) is 17.7. The maximum atomic E-state index is 4.43. The number of nitrogens with zero attached hydrogens (tertiary/aromatic N) is 2. The molecule has 1 heterocycles. The van der Waals surface area contributed by atoms with Gasteiger partial charge in [-0.05, 0) is 18.9 Å². The summed E-state index contributed by atoms with van der Waals surface area (Å²) in [6.07, 6.45) is 8.66. The smallest absolute Gasteiger partial charge is 0.223 e. The van der Waals surface area contributed by atoms with E-state index in [2.05, 4.69) is 15.3 Å². The van der Waals surface area contributed by atoms with E-state index in [9.17, 15) is 0 Å². The molecule has 1 aliphatic carbocycles. The van der Waals surface area contributed by atoms with Crippen LogP contribution in [-0.4, -0.2) is 22.3 Å². The Bertz CT molecular complexity index is 310. The van der Waals surface area contributed by atoms with Crippen LogP contribution < -0.4 is 5.32 Å². The Labute approximate surface area is 95.1 Å². The number of hydrogen-bond acceptors (Lipinski definition) is 4. The lowest BCUT2D eigenvalue weighted by atomic mass is 10.0. The second kappa shape index (κ2) is 5.35. The highest BCUT2D eigenvalue weighted by atomic mass is 32.2. The fourth-order valence-corrected chi connectivity index (χ4v) is 3.07. The Hall–Kier alpha value is -0.770. The van der Waals surface area contributed by atoms with Crippen molar-refractivity contribution in [3.05, 3.63) is 12.3 Å². The number of hydrogen-bond donors (Lipinski definition) is 1. The van der Waals surface area contributed by atoms with Crippen LogP contribution in [0.1, 0.15) is 32.1 Å². The van der Waals surface area contributed by atoms with E-state index in [1.807, 2.05) is 31.1 Å². The summed E-state index contributed by atoms with van der Waals surface area (Å²) in [5.41, 5.74) is 0.